The number of benzene rings is 3. The number of nitrogens with one attached hydrogen (secondary N) is 2. The molecule has 0 bridgehead atoms. The molecule has 4 aromatic rings. The lowest BCUT2D eigenvalue weighted by atomic mass is 9.61. The zero-order valence-electron chi connectivity index (χ0n) is 20.8. The summed E-state index contributed by atoms with van der Waals surface area (Å²) in [5, 5.41) is 7.11. The summed E-state index contributed by atoms with van der Waals surface area (Å²) in [6, 6.07) is 23.7. The fraction of sp³-hybridized carbons (Fsp3) is 0.387. The van der Waals surface area contributed by atoms with E-state index in [-0.39, 0.29) is 23.3 Å². The Hall–Kier alpha value is -3.11. The van der Waals surface area contributed by atoms with E-state index in [4.69, 9.17) is 0 Å². The molecule has 0 saturated carbocycles. The molecule has 3 heterocycles. The molecular weight excluding hydrogens is 430 g/mol. The summed E-state index contributed by atoms with van der Waals surface area (Å²) < 4.78 is 0. The maximum atomic E-state index is 13.7. The van der Waals surface area contributed by atoms with Gasteiger partial charge >= 0.3 is 0 Å². The average molecular weight is 466 g/mol. The number of nitrogens with zero attached hydrogens (tertiary/aromatic N) is 1. The quantitative estimate of drug-likeness (QED) is 0.360. The van der Waals surface area contributed by atoms with Crippen molar-refractivity contribution in [1.29, 1.82) is 0 Å². The normalized spacial score (nSPS) is 23.1. The summed E-state index contributed by atoms with van der Waals surface area (Å²) in [6.07, 6.45) is 4.31. The zero-order chi connectivity index (χ0) is 24.0. The van der Waals surface area contributed by atoms with Crippen molar-refractivity contribution in [2.45, 2.75) is 52.1 Å². The van der Waals surface area contributed by atoms with Crippen LogP contribution < -0.4 is 5.32 Å². The van der Waals surface area contributed by atoms with Gasteiger partial charge in [0.2, 0.25) is 5.91 Å². The second-order valence-corrected chi connectivity index (χ2v) is 10.5. The molecule has 1 saturated heterocycles. The number of aromatic nitrogens is 1. The van der Waals surface area contributed by atoms with E-state index >= 15 is 0 Å². The molecule has 1 unspecified atom stereocenters. The number of rotatable bonds is 5. The van der Waals surface area contributed by atoms with E-state index in [0.29, 0.717) is 6.54 Å². The number of carbonyl (C=O) groups excluding carboxylic acids is 1. The van der Waals surface area contributed by atoms with Gasteiger partial charge in [0.1, 0.15) is 0 Å². The minimum Gasteiger partial charge on any atom is -0.357 e. The van der Waals surface area contributed by atoms with E-state index in [9.17, 15) is 4.79 Å². The van der Waals surface area contributed by atoms with E-state index in [1.165, 1.54) is 38.5 Å². The molecule has 6 rings (SSSR count). The maximum Gasteiger partial charge on any atom is 0.223 e. The van der Waals surface area contributed by atoms with Crippen LogP contribution in [0, 0.1) is 11.3 Å². The fourth-order valence-corrected chi connectivity index (χ4v) is 7.10. The molecule has 2 N–H and O–H groups in total. The summed E-state index contributed by atoms with van der Waals surface area (Å²) >= 11 is 0. The van der Waals surface area contributed by atoms with Crippen molar-refractivity contribution in [3.05, 3.63) is 83.6 Å². The van der Waals surface area contributed by atoms with Crippen LogP contribution in [0.25, 0.3) is 21.7 Å². The van der Waals surface area contributed by atoms with Crippen LogP contribution in [0.15, 0.2) is 66.7 Å². The Morgan fingerprint density at radius 2 is 1.83 bits per heavy atom. The van der Waals surface area contributed by atoms with Crippen LogP contribution in [0.3, 0.4) is 0 Å². The largest absolute Gasteiger partial charge is 0.357 e. The number of fused-ring (bicyclic) bond motifs is 6. The van der Waals surface area contributed by atoms with E-state index in [0.717, 1.165) is 38.8 Å². The van der Waals surface area contributed by atoms with Crippen LogP contribution in [-0.2, 0) is 17.8 Å². The van der Waals surface area contributed by atoms with Crippen LogP contribution in [0.2, 0.25) is 0 Å². The second kappa shape index (κ2) is 8.83. The zero-order valence-corrected chi connectivity index (χ0v) is 20.8. The Kier molecular flexibility index (Phi) is 5.64. The Labute approximate surface area is 207 Å². The van der Waals surface area contributed by atoms with Gasteiger partial charge in [-0.2, -0.15) is 0 Å². The number of hydrogen-bond donors (Lipinski definition) is 2. The molecule has 4 heteroatoms. The van der Waals surface area contributed by atoms with Crippen LogP contribution >= 0.6 is 0 Å². The third-order valence-corrected chi connectivity index (χ3v) is 9.01. The molecule has 35 heavy (non-hydrogen) atoms. The average Bonchev–Trinajstić information content (AvgIpc) is 3.29. The molecule has 2 aliphatic heterocycles. The van der Waals surface area contributed by atoms with Gasteiger partial charge < -0.3 is 10.3 Å². The van der Waals surface area contributed by atoms with Gasteiger partial charge in [0.15, 0.2) is 0 Å². The molecule has 2 aliphatic rings. The molecule has 4 nitrogen and oxygen atoms in total. The highest BCUT2D eigenvalue weighted by atomic mass is 16.1. The first-order valence-electron chi connectivity index (χ1n) is 13.2. The molecule has 1 amide bonds. The Balaban J connectivity index is 1.31. The van der Waals surface area contributed by atoms with Crippen molar-refractivity contribution < 1.29 is 4.79 Å². The van der Waals surface area contributed by atoms with Crippen molar-refractivity contribution >= 4 is 27.6 Å². The standard InChI is InChI=1S/C31H35N3O/c1-3-31(21(2)30(35)32-20-23-12-8-11-22-10-4-5-13-24(22)23)17-9-18-34-19-16-26-25-14-6-7-15-27(25)33-28(26)29(31)34/h4-8,10-15,21,29,33H,3,9,16-20H2,1-2H3,(H,32,35)/t21?,29-,31+/m1/s1. The van der Waals surface area contributed by atoms with Crippen molar-refractivity contribution in [1.82, 2.24) is 15.2 Å². The summed E-state index contributed by atoms with van der Waals surface area (Å²) in [5.74, 6) is 0.0949. The highest BCUT2D eigenvalue weighted by Crippen LogP contribution is 2.55. The number of amides is 1. The summed E-state index contributed by atoms with van der Waals surface area (Å²) in [5.41, 5.74) is 5.13. The summed E-state index contributed by atoms with van der Waals surface area (Å²) in [4.78, 5) is 20.2. The third-order valence-electron chi connectivity index (χ3n) is 9.01. The van der Waals surface area contributed by atoms with E-state index in [2.05, 4.69) is 95.8 Å². The third kappa shape index (κ3) is 3.58. The highest BCUT2D eigenvalue weighted by molar-refractivity contribution is 5.87. The molecule has 1 aromatic heterocycles. The van der Waals surface area contributed by atoms with Crippen LogP contribution in [-0.4, -0.2) is 28.9 Å². The Bertz CT molecular complexity index is 1380. The molecule has 1 fully saturated rings. The lowest BCUT2D eigenvalue weighted by molar-refractivity contribution is -0.135. The number of para-hydroxylation sites is 1. The first-order chi connectivity index (χ1) is 17.1. The summed E-state index contributed by atoms with van der Waals surface area (Å²) in [7, 11) is 0. The first kappa shape index (κ1) is 22.4. The molecule has 180 valence electrons. The molecule has 0 aliphatic carbocycles. The smallest absolute Gasteiger partial charge is 0.223 e. The van der Waals surface area contributed by atoms with Gasteiger partial charge in [-0.15, -0.1) is 0 Å². The van der Waals surface area contributed by atoms with E-state index in [1.807, 2.05) is 0 Å². The predicted molar refractivity (Wildman–Crippen MR) is 143 cm³/mol. The van der Waals surface area contributed by atoms with Crippen molar-refractivity contribution in [2.24, 2.45) is 11.3 Å². The van der Waals surface area contributed by atoms with E-state index < -0.39 is 0 Å². The SMILES string of the molecule is CC[C@@]1(C(C)C(=O)NCc2cccc3ccccc23)CCCN2CCc3c([nH]c4ccccc34)[C@@H]21. The number of H-pyrrole nitrogens is 1. The van der Waals surface area contributed by atoms with Gasteiger partial charge in [-0.05, 0) is 60.2 Å². The fourth-order valence-electron chi connectivity index (χ4n) is 7.10. The second-order valence-electron chi connectivity index (χ2n) is 10.5. The monoisotopic (exact) mass is 465 g/mol. The number of carbonyl (C=O) groups is 1. The topological polar surface area (TPSA) is 48.1 Å². The van der Waals surface area contributed by atoms with Gasteiger partial charge in [0, 0.05) is 41.0 Å². The van der Waals surface area contributed by atoms with Crippen LogP contribution in [0.5, 0.6) is 0 Å². The van der Waals surface area contributed by atoms with Crippen molar-refractivity contribution in [2.75, 3.05) is 13.1 Å². The molecule has 0 spiro atoms. The number of hydrogen-bond acceptors (Lipinski definition) is 2. The molecular formula is C31H35N3O. The Morgan fingerprint density at radius 3 is 2.69 bits per heavy atom. The maximum absolute atomic E-state index is 13.7. The minimum absolute atomic E-state index is 0.0763. The lowest BCUT2D eigenvalue weighted by Gasteiger charge is -2.54. The van der Waals surface area contributed by atoms with Gasteiger partial charge in [0.25, 0.3) is 0 Å². The van der Waals surface area contributed by atoms with Gasteiger partial charge in [0.05, 0.1) is 6.04 Å². The molecule has 3 aromatic carbocycles. The van der Waals surface area contributed by atoms with Gasteiger partial charge in [-0.3, -0.25) is 9.69 Å². The Morgan fingerprint density at radius 1 is 1.06 bits per heavy atom. The van der Waals surface area contributed by atoms with Crippen LogP contribution in [0.4, 0.5) is 0 Å². The van der Waals surface area contributed by atoms with Crippen molar-refractivity contribution in [3.8, 4) is 0 Å². The first-order valence-corrected chi connectivity index (χ1v) is 13.2. The van der Waals surface area contributed by atoms with Gasteiger partial charge in [-0.1, -0.05) is 74.5 Å². The number of piperidine rings is 1. The highest BCUT2D eigenvalue weighted by Gasteiger charge is 2.52. The van der Waals surface area contributed by atoms with Gasteiger partial charge in [-0.25, -0.2) is 0 Å². The minimum atomic E-state index is -0.0862. The predicted octanol–water partition coefficient (Wildman–Crippen LogP) is 6.36. The van der Waals surface area contributed by atoms with Crippen LogP contribution in [0.1, 0.15) is 56.0 Å². The summed E-state index contributed by atoms with van der Waals surface area (Å²) in [6.45, 7) is 7.21. The number of aromatic amines is 1. The van der Waals surface area contributed by atoms with Crippen molar-refractivity contribution in [3.63, 3.8) is 0 Å². The molecule has 3 atom stereocenters. The lowest BCUT2D eigenvalue weighted by Crippen LogP contribution is -2.54. The molecule has 0 radical (unpaired) electrons. The van der Waals surface area contributed by atoms with E-state index in [1.54, 1.807) is 0 Å².